The largest absolute Gasteiger partial charge is 0.361 e. The summed E-state index contributed by atoms with van der Waals surface area (Å²) in [6.45, 7) is 12.7. The van der Waals surface area contributed by atoms with Gasteiger partial charge in [-0.2, -0.15) is 5.10 Å². The molecule has 0 aliphatic carbocycles. The molecule has 2 aromatic heterocycles. The molecule has 0 radical (unpaired) electrons. The number of aromatic nitrogens is 3. The standard InChI is InChI=1S/C18H30N6O.HI/c1-12(17-15(4)23-25-16(17)5)11-21-18(19-6)20-8-7-9-24-14(3)10-13(2)22-24;/h10,12H,7-9,11H2,1-6H3,(H2,19,20,21);1H. The van der Waals surface area contributed by atoms with Gasteiger partial charge >= 0.3 is 0 Å². The Morgan fingerprint density at radius 1 is 1.27 bits per heavy atom. The van der Waals surface area contributed by atoms with Crippen LogP contribution in [-0.2, 0) is 6.54 Å². The number of guanidine groups is 1. The van der Waals surface area contributed by atoms with Gasteiger partial charge in [-0.15, -0.1) is 24.0 Å². The molecule has 1 atom stereocenters. The molecule has 2 rings (SSSR count). The van der Waals surface area contributed by atoms with Gasteiger partial charge in [0.05, 0.1) is 11.4 Å². The lowest BCUT2D eigenvalue weighted by atomic mass is 10.00. The van der Waals surface area contributed by atoms with Crippen molar-refractivity contribution in [3.8, 4) is 0 Å². The lowest BCUT2D eigenvalue weighted by Crippen LogP contribution is -2.39. The molecule has 26 heavy (non-hydrogen) atoms. The maximum absolute atomic E-state index is 5.25. The molecule has 8 heteroatoms. The normalized spacial score (nSPS) is 12.6. The van der Waals surface area contributed by atoms with E-state index in [0.717, 1.165) is 49.2 Å². The van der Waals surface area contributed by atoms with Crippen molar-refractivity contribution in [3.63, 3.8) is 0 Å². The lowest BCUT2D eigenvalue weighted by Gasteiger charge is -2.16. The van der Waals surface area contributed by atoms with E-state index in [1.807, 2.05) is 25.5 Å². The fraction of sp³-hybridized carbons (Fsp3) is 0.611. The predicted molar refractivity (Wildman–Crippen MR) is 115 cm³/mol. The van der Waals surface area contributed by atoms with E-state index in [9.17, 15) is 0 Å². The third-order valence-corrected chi connectivity index (χ3v) is 4.32. The Hall–Kier alpha value is -1.58. The Morgan fingerprint density at radius 3 is 2.54 bits per heavy atom. The van der Waals surface area contributed by atoms with Crippen LogP contribution < -0.4 is 10.6 Å². The highest BCUT2D eigenvalue weighted by atomic mass is 127. The number of nitrogens with zero attached hydrogens (tertiary/aromatic N) is 4. The molecule has 2 aromatic rings. The van der Waals surface area contributed by atoms with E-state index in [4.69, 9.17) is 4.52 Å². The first-order valence-electron chi connectivity index (χ1n) is 8.80. The van der Waals surface area contributed by atoms with Gasteiger partial charge < -0.3 is 15.2 Å². The molecule has 2 heterocycles. The molecule has 0 amide bonds. The van der Waals surface area contributed by atoms with Crippen LogP contribution in [0.1, 0.15) is 47.7 Å². The number of rotatable bonds is 7. The van der Waals surface area contributed by atoms with Gasteiger partial charge in [0.1, 0.15) is 5.76 Å². The van der Waals surface area contributed by atoms with Gasteiger partial charge in [-0.25, -0.2) is 0 Å². The quantitative estimate of drug-likeness (QED) is 0.279. The molecule has 0 aliphatic heterocycles. The molecule has 0 saturated carbocycles. The zero-order valence-corrected chi connectivity index (χ0v) is 18.9. The van der Waals surface area contributed by atoms with Crippen LogP contribution in [0.4, 0.5) is 0 Å². The van der Waals surface area contributed by atoms with Gasteiger partial charge in [0.2, 0.25) is 0 Å². The Balaban J connectivity index is 0.00000338. The minimum absolute atomic E-state index is 0. The molecule has 0 aromatic carbocycles. The summed E-state index contributed by atoms with van der Waals surface area (Å²) >= 11 is 0. The first kappa shape index (κ1) is 22.5. The highest BCUT2D eigenvalue weighted by Gasteiger charge is 2.16. The average Bonchev–Trinajstić information content (AvgIpc) is 3.07. The minimum atomic E-state index is 0. The highest BCUT2D eigenvalue weighted by Crippen LogP contribution is 2.22. The Bertz CT molecular complexity index is 702. The summed E-state index contributed by atoms with van der Waals surface area (Å²) in [4.78, 5) is 4.29. The van der Waals surface area contributed by atoms with Crippen molar-refractivity contribution in [1.29, 1.82) is 0 Å². The second-order valence-corrected chi connectivity index (χ2v) is 6.52. The van der Waals surface area contributed by atoms with E-state index in [0.29, 0.717) is 5.92 Å². The lowest BCUT2D eigenvalue weighted by molar-refractivity contribution is 0.391. The maximum Gasteiger partial charge on any atom is 0.190 e. The van der Waals surface area contributed by atoms with Gasteiger partial charge in [0.15, 0.2) is 5.96 Å². The molecule has 0 aliphatic rings. The van der Waals surface area contributed by atoms with Crippen LogP contribution in [-0.4, -0.2) is 41.0 Å². The number of aryl methyl sites for hydroxylation is 5. The highest BCUT2D eigenvalue weighted by molar-refractivity contribution is 14.0. The first-order chi connectivity index (χ1) is 11.9. The Labute approximate surface area is 173 Å². The molecular formula is C18H31IN6O. The van der Waals surface area contributed by atoms with Crippen LogP contribution >= 0.6 is 24.0 Å². The topological polar surface area (TPSA) is 80.3 Å². The number of nitrogens with one attached hydrogen (secondary N) is 2. The summed E-state index contributed by atoms with van der Waals surface area (Å²) < 4.78 is 7.30. The Kier molecular flexibility index (Phi) is 9.11. The Morgan fingerprint density at radius 2 is 2.00 bits per heavy atom. The van der Waals surface area contributed by atoms with Crippen LogP contribution in [0.3, 0.4) is 0 Å². The monoisotopic (exact) mass is 474 g/mol. The fourth-order valence-corrected chi connectivity index (χ4v) is 3.10. The van der Waals surface area contributed by atoms with Crippen molar-refractivity contribution in [1.82, 2.24) is 25.6 Å². The maximum atomic E-state index is 5.25. The molecule has 146 valence electrons. The molecular weight excluding hydrogens is 443 g/mol. The molecule has 2 N–H and O–H groups in total. The molecule has 0 saturated heterocycles. The second-order valence-electron chi connectivity index (χ2n) is 6.52. The van der Waals surface area contributed by atoms with Gasteiger partial charge in [-0.1, -0.05) is 12.1 Å². The summed E-state index contributed by atoms with van der Waals surface area (Å²) in [6.07, 6.45) is 0.988. The van der Waals surface area contributed by atoms with Gasteiger partial charge in [-0.3, -0.25) is 9.67 Å². The van der Waals surface area contributed by atoms with E-state index >= 15 is 0 Å². The van der Waals surface area contributed by atoms with Gasteiger partial charge in [0.25, 0.3) is 0 Å². The summed E-state index contributed by atoms with van der Waals surface area (Å²) in [7, 11) is 1.79. The van der Waals surface area contributed by atoms with Crippen LogP contribution in [0.25, 0.3) is 0 Å². The first-order valence-corrected chi connectivity index (χ1v) is 8.80. The summed E-state index contributed by atoms with van der Waals surface area (Å²) in [5.74, 6) is 2.01. The third-order valence-electron chi connectivity index (χ3n) is 4.32. The third kappa shape index (κ3) is 6.00. The van der Waals surface area contributed by atoms with E-state index in [-0.39, 0.29) is 24.0 Å². The summed E-state index contributed by atoms with van der Waals surface area (Å²) in [5.41, 5.74) is 4.40. The van der Waals surface area contributed by atoms with Crippen molar-refractivity contribution in [2.24, 2.45) is 4.99 Å². The molecule has 7 nitrogen and oxygen atoms in total. The van der Waals surface area contributed by atoms with Crippen molar-refractivity contribution < 1.29 is 4.52 Å². The number of hydrogen-bond acceptors (Lipinski definition) is 4. The van der Waals surface area contributed by atoms with Crippen molar-refractivity contribution in [3.05, 3.63) is 34.5 Å². The van der Waals surface area contributed by atoms with Crippen LogP contribution in [0.2, 0.25) is 0 Å². The molecule has 0 fully saturated rings. The van der Waals surface area contributed by atoms with E-state index < -0.39 is 0 Å². The van der Waals surface area contributed by atoms with Gasteiger partial charge in [-0.05, 0) is 40.2 Å². The fourth-order valence-electron chi connectivity index (χ4n) is 3.10. The van der Waals surface area contributed by atoms with Crippen molar-refractivity contribution in [2.45, 2.75) is 53.5 Å². The predicted octanol–water partition coefficient (Wildman–Crippen LogP) is 3.08. The summed E-state index contributed by atoms with van der Waals surface area (Å²) in [6, 6.07) is 2.10. The van der Waals surface area contributed by atoms with Crippen LogP contribution in [0.5, 0.6) is 0 Å². The zero-order valence-electron chi connectivity index (χ0n) is 16.6. The summed E-state index contributed by atoms with van der Waals surface area (Å²) in [5, 5.41) is 15.2. The zero-order chi connectivity index (χ0) is 18.4. The second kappa shape index (κ2) is 10.5. The molecule has 0 spiro atoms. The van der Waals surface area contributed by atoms with E-state index in [1.54, 1.807) is 7.05 Å². The number of aliphatic imine (C=N–C) groups is 1. The minimum Gasteiger partial charge on any atom is -0.361 e. The van der Waals surface area contributed by atoms with Gasteiger partial charge in [0, 0.05) is 43.9 Å². The number of halogens is 1. The SMILES string of the molecule is CN=C(NCCCn1nc(C)cc1C)NCC(C)c1c(C)noc1C.I. The molecule has 1 unspecified atom stereocenters. The average molecular weight is 474 g/mol. The van der Waals surface area contributed by atoms with E-state index in [1.165, 1.54) is 11.3 Å². The van der Waals surface area contributed by atoms with Crippen LogP contribution in [0, 0.1) is 27.7 Å². The van der Waals surface area contributed by atoms with Crippen molar-refractivity contribution >= 4 is 29.9 Å². The van der Waals surface area contributed by atoms with E-state index in [2.05, 4.69) is 45.8 Å². The van der Waals surface area contributed by atoms with Crippen molar-refractivity contribution in [2.75, 3.05) is 20.1 Å². The molecule has 0 bridgehead atoms. The smallest absolute Gasteiger partial charge is 0.190 e. The number of hydrogen-bond donors (Lipinski definition) is 2. The van der Waals surface area contributed by atoms with Crippen LogP contribution in [0.15, 0.2) is 15.6 Å².